The van der Waals surface area contributed by atoms with Crippen LogP contribution in [0.25, 0.3) is 0 Å². The first-order valence-electron chi connectivity index (χ1n) is 7.90. The molecule has 0 aromatic carbocycles. The van der Waals surface area contributed by atoms with Crippen LogP contribution in [0.1, 0.15) is 52.4 Å². The van der Waals surface area contributed by atoms with Gasteiger partial charge in [-0.1, -0.05) is 26.7 Å². The molecular weight excluding hydrogens is 270 g/mol. The molecule has 6 heteroatoms. The van der Waals surface area contributed by atoms with Gasteiger partial charge in [0.15, 0.2) is 0 Å². The highest BCUT2D eigenvalue weighted by molar-refractivity contribution is 5.74. The summed E-state index contributed by atoms with van der Waals surface area (Å²) in [5.74, 6) is -0.448. The number of aliphatic carboxylic acids is 1. The Hall–Kier alpha value is -1.30. The van der Waals surface area contributed by atoms with E-state index in [-0.39, 0.29) is 30.5 Å². The van der Waals surface area contributed by atoms with Gasteiger partial charge in [0, 0.05) is 25.0 Å². The zero-order valence-corrected chi connectivity index (χ0v) is 13.1. The van der Waals surface area contributed by atoms with Crippen molar-refractivity contribution in [1.82, 2.24) is 10.6 Å². The molecule has 0 heterocycles. The van der Waals surface area contributed by atoms with Gasteiger partial charge in [0.05, 0.1) is 0 Å². The normalized spacial score (nSPS) is 23.6. The maximum Gasteiger partial charge on any atom is 0.315 e. The van der Waals surface area contributed by atoms with Crippen molar-refractivity contribution in [3.8, 4) is 0 Å². The Balaban J connectivity index is 2.36. The molecule has 0 aromatic rings. The minimum Gasteiger partial charge on any atom is -0.481 e. The number of carbonyl (C=O) groups excluding carboxylic acids is 1. The van der Waals surface area contributed by atoms with Crippen LogP contribution in [-0.2, 0) is 4.79 Å². The second kappa shape index (κ2) is 8.87. The van der Waals surface area contributed by atoms with Crippen LogP contribution in [0.3, 0.4) is 0 Å². The van der Waals surface area contributed by atoms with Crippen LogP contribution in [0.15, 0.2) is 0 Å². The third-order valence-electron chi connectivity index (χ3n) is 3.96. The molecule has 1 aliphatic carbocycles. The van der Waals surface area contributed by atoms with E-state index in [4.69, 9.17) is 10.8 Å². The number of nitrogens with two attached hydrogens (primary N) is 1. The molecule has 122 valence electrons. The number of amides is 2. The summed E-state index contributed by atoms with van der Waals surface area (Å²) < 4.78 is 0. The van der Waals surface area contributed by atoms with Crippen molar-refractivity contribution >= 4 is 12.0 Å². The third-order valence-corrected chi connectivity index (χ3v) is 3.96. The number of carbonyl (C=O) groups is 2. The standard InChI is InChI=1S/C15H29N3O3/c1-10(2)7-11(8-14(19)20)9-17-15(21)18-13-6-4-3-5-12(13)16/h10-13H,3-9,16H2,1-2H3,(H,19,20)(H2,17,18,21)/t11-,12?,13?/m0/s1. The van der Waals surface area contributed by atoms with E-state index >= 15 is 0 Å². The van der Waals surface area contributed by atoms with E-state index in [0.717, 1.165) is 32.1 Å². The van der Waals surface area contributed by atoms with Crippen LogP contribution < -0.4 is 16.4 Å². The minimum absolute atomic E-state index is 0.0231. The number of carboxylic acid groups (broad SMARTS) is 1. The molecule has 0 aromatic heterocycles. The van der Waals surface area contributed by atoms with Crippen LogP contribution >= 0.6 is 0 Å². The summed E-state index contributed by atoms with van der Waals surface area (Å²) >= 11 is 0. The highest BCUT2D eigenvalue weighted by atomic mass is 16.4. The predicted octanol–water partition coefficient (Wildman–Crippen LogP) is 1.69. The summed E-state index contributed by atoms with van der Waals surface area (Å²) in [4.78, 5) is 22.8. The molecule has 0 aliphatic heterocycles. The molecule has 5 N–H and O–H groups in total. The van der Waals surface area contributed by atoms with Crippen LogP contribution in [-0.4, -0.2) is 35.7 Å². The summed E-state index contributed by atoms with van der Waals surface area (Å²) in [5, 5.41) is 14.6. The van der Waals surface area contributed by atoms with E-state index in [2.05, 4.69) is 24.5 Å². The molecule has 0 bridgehead atoms. The first kappa shape index (κ1) is 17.8. The van der Waals surface area contributed by atoms with Crippen molar-refractivity contribution in [1.29, 1.82) is 0 Å². The molecule has 1 aliphatic rings. The van der Waals surface area contributed by atoms with Crippen LogP contribution in [0.4, 0.5) is 4.79 Å². The van der Waals surface area contributed by atoms with E-state index < -0.39 is 5.97 Å². The molecule has 1 rings (SSSR count). The Labute approximate surface area is 126 Å². The second-order valence-electron chi connectivity index (χ2n) is 6.50. The molecule has 3 atom stereocenters. The number of rotatable bonds is 7. The number of hydrogen-bond donors (Lipinski definition) is 4. The summed E-state index contributed by atoms with van der Waals surface area (Å²) in [6, 6.07) is -0.187. The van der Waals surface area contributed by atoms with Gasteiger partial charge < -0.3 is 21.5 Å². The average molecular weight is 299 g/mol. The van der Waals surface area contributed by atoms with Gasteiger partial charge in [-0.15, -0.1) is 0 Å². The largest absolute Gasteiger partial charge is 0.481 e. The van der Waals surface area contributed by atoms with Gasteiger partial charge in [0.1, 0.15) is 0 Å². The van der Waals surface area contributed by atoms with Crippen LogP contribution in [0.2, 0.25) is 0 Å². The summed E-state index contributed by atoms with van der Waals surface area (Å²) in [6.07, 6.45) is 4.94. The lowest BCUT2D eigenvalue weighted by atomic mass is 9.91. The Morgan fingerprint density at radius 1 is 1.29 bits per heavy atom. The molecule has 2 amide bonds. The Morgan fingerprint density at radius 2 is 1.95 bits per heavy atom. The fourth-order valence-electron chi connectivity index (χ4n) is 2.95. The van der Waals surface area contributed by atoms with Crippen molar-refractivity contribution in [2.24, 2.45) is 17.6 Å². The molecule has 0 spiro atoms. The molecule has 0 radical (unpaired) electrons. The predicted molar refractivity (Wildman–Crippen MR) is 82.0 cm³/mol. The molecule has 21 heavy (non-hydrogen) atoms. The zero-order chi connectivity index (χ0) is 15.8. The van der Waals surface area contributed by atoms with Crippen molar-refractivity contribution in [2.45, 2.75) is 64.5 Å². The van der Waals surface area contributed by atoms with Crippen molar-refractivity contribution < 1.29 is 14.7 Å². The SMILES string of the molecule is CC(C)C[C@H](CNC(=O)NC1CCCCC1N)CC(=O)O. The molecule has 2 unspecified atom stereocenters. The number of carboxylic acids is 1. The van der Waals surface area contributed by atoms with Gasteiger partial charge in [0.2, 0.25) is 0 Å². The van der Waals surface area contributed by atoms with E-state index in [1.54, 1.807) is 0 Å². The van der Waals surface area contributed by atoms with Gasteiger partial charge in [-0.25, -0.2) is 4.79 Å². The summed E-state index contributed by atoms with van der Waals surface area (Å²) in [5.41, 5.74) is 5.99. The van der Waals surface area contributed by atoms with E-state index in [9.17, 15) is 9.59 Å². The number of nitrogens with one attached hydrogen (secondary N) is 2. The molecule has 6 nitrogen and oxygen atoms in total. The Morgan fingerprint density at radius 3 is 2.52 bits per heavy atom. The Kier molecular flexibility index (Phi) is 7.50. The highest BCUT2D eigenvalue weighted by Gasteiger charge is 2.23. The molecule has 0 saturated heterocycles. The van der Waals surface area contributed by atoms with E-state index in [1.165, 1.54) is 0 Å². The van der Waals surface area contributed by atoms with Gasteiger partial charge in [-0.05, 0) is 31.1 Å². The van der Waals surface area contributed by atoms with Gasteiger partial charge in [-0.3, -0.25) is 4.79 Å². The van der Waals surface area contributed by atoms with Crippen LogP contribution in [0, 0.1) is 11.8 Å². The third kappa shape index (κ3) is 7.32. The number of urea groups is 1. The van der Waals surface area contributed by atoms with Crippen molar-refractivity contribution in [3.05, 3.63) is 0 Å². The maximum atomic E-state index is 11.9. The van der Waals surface area contributed by atoms with Gasteiger partial charge >= 0.3 is 12.0 Å². The lowest BCUT2D eigenvalue weighted by Gasteiger charge is -2.29. The fourth-order valence-corrected chi connectivity index (χ4v) is 2.95. The maximum absolute atomic E-state index is 11.9. The Bertz CT molecular complexity index is 347. The summed E-state index contributed by atoms with van der Waals surface area (Å²) in [6.45, 7) is 4.49. The van der Waals surface area contributed by atoms with Crippen molar-refractivity contribution in [3.63, 3.8) is 0 Å². The second-order valence-corrected chi connectivity index (χ2v) is 6.50. The smallest absolute Gasteiger partial charge is 0.315 e. The first-order chi connectivity index (χ1) is 9.88. The van der Waals surface area contributed by atoms with Crippen molar-refractivity contribution in [2.75, 3.05) is 6.54 Å². The highest BCUT2D eigenvalue weighted by Crippen LogP contribution is 2.17. The molecule has 1 saturated carbocycles. The molecular formula is C15H29N3O3. The van der Waals surface area contributed by atoms with Crippen LogP contribution in [0.5, 0.6) is 0 Å². The minimum atomic E-state index is -0.822. The zero-order valence-electron chi connectivity index (χ0n) is 13.1. The van der Waals surface area contributed by atoms with E-state index in [1.807, 2.05) is 0 Å². The summed E-state index contributed by atoms with van der Waals surface area (Å²) in [7, 11) is 0. The molecule has 1 fully saturated rings. The topological polar surface area (TPSA) is 104 Å². The van der Waals surface area contributed by atoms with Gasteiger partial charge in [0.25, 0.3) is 0 Å². The monoisotopic (exact) mass is 299 g/mol. The van der Waals surface area contributed by atoms with Gasteiger partial charge in [-0.2, -0.15) is 0 Å². The van der Waals surface area contributed by atoms with E-state index in [0.29, 0.717) is 12.5 Å². The number of hydrogen-bond acceptors (Lipinski definition) is 3. The average Bonchev–Trinajstić information content (AvgIpc) is 2.37. The lowest BCUT2D eigenvalue weighted by Crippen LogP contribution is -2.52. The quantitative estimate of drug-likeness (QED) is 0.574. The lowest BCUT2D eigenvalue weighted by molar-refractivity contribution is -0.138. The fraction of sp³-hybridized carbons (Fsp3) is 0.867. The first-order valence-corrected chi connectivity index (χ1v) is 7.90.